The molecule has 0 heterocycles. The van der Waals surface area contributed by atoms with Gasteiger partial charge in [-0.25, -0.2) is 9.13 Å². The SMILES string of the molecule is CCCCCCCC(=O)OC[C@H](COP(=O)(O)OC[C@H](O)COP(=O)(O)OC[C@@H](COC(=O)CCCCCCCCCCCCC(C)CC)OC(=O)CCCCCCCCCCCCCCCCC(C)C)OC(=O)CCCCCCCCCCC(C)CC. The van der Waals surface area contributed by atoms with Gasteiger partial charge in [-0.1, -0.05) is 292 Å². The summed E-state index contributed by atoms with van der Waals surface area (Å²) < 4.78 is 68.0. The van der Waals surface area contributed by atoms with Crippen molar-refractivity contribution in [2.24, 2.45) is 17.8 Å². The third-order valence-electron chi connectivity index (χ3n) is 16.6. The number of hydrogen-bond acceptors (Lipinski definition) is 15. The second-order valence-corrected chi connectivity index (χ2v) is 28.8. The molecule has 0 saturated heterocycles. The van der Waals surface area contributed by atoms with Crippen LogP contribution in [0.15, 0.2) is 0 Å². The number of aliphatic hydroxyl groups excluding tert-OH is 1. The van der Waals surface area contributed by atoms with E-state index in [-0.39, 0.29) is 25.7 Å². The highest BCUT2D eigenvalue weighted by atomic mass is 31.2. The van der Waals surface area contributed by atoms with Gasteiger partial charge in [0, 0.05) is 25.7 Å². The first-order valence-electron chi connectivity index (χ1n) is 35.9. The van der Waals surface area contributed by atoms with E-state index in [0.717, 1.165) is 114 Å². The monoisotopic (exact) mass is 1300 g/mol. The van der Waals surface area contributed by atoms with Crippen molar-refractivity contribution in [3.05, 3.63) is 0 Å². The van der Waals surface area contributed by atoms with Crippen molar-refractivity contribution in [1.82, 2.24) is 0 Å². The predicted octanol–water partition coefficient (Wildman–Crippen LogP) is 19.5. The van der Waals surface area contributed by atoms with Gasteiger partial charge in [-0.05, 0) is 43.4 Å². The van der Waals surface area contributed by atoms with Crippen molar-refractivity contribution < 1.29 is 80.2 Å². The maximum Gasteiger partial charge on any atom is 0.472 e. The molecule has 0 rings (SSSR count). The summed E-state index contributed by atoms with van der Waals surface area (Å²) in [5.41, 5.74) is 0. The molecular weight excluding hydrogens is 1160 g/mol. The van der Waals surface area contributed by atoms with Crippen molar-refractivity contribution in [2.75, 3.05) is 39.6 Å². The van der Waals surface area contributed by atoms with Crippen LogP contribution in [0.1, 0.15) is 344 Å². The van der Waals surface area contributed by atoms with Gasteiger partial charge in [-0.15, -0.1) is 0 Å². The summed E-state index contributed by atoms with van der Waals surface area (Å²) in [7, 11) is -9.89. The van der Waals surface area contributed by atoms with Gasteiger partial charge in [0.05, 0.1) is 26.4 Å². The zero-order chi connectivity index (χ0) is 65.2. The third-order valence-corrected chi connectivity index (χ3v) is 18.5. The molecule has 0 aromatic carbocycles. The van der Waals surface area contributed by atoms with Crippen molar-refractivity contribution in [3.8, 4) is 0 Å². The Hall–Kier alpha value is -1.94. The van der Waals surface area contributed by atoms with Gasteiger partial charge in [0.2, 0.25) is 0 Å². The molecule has 88 heavy (non-hydrogen) atoms. The highest BCUT2D eigenvalue weighted by molar-refractivity contribution is 7.47. The fourth-order valence-corrected chi connectivity index (χ4v) is 11.9. The molecule has 0 aromatic heterocycles. The van der Waals surface area contributed by atoms with Crippen molar-refractivity contribution in [2.45, 2.75) is 362 Å². The number of phosphoric ester groups is 2. The molecule has 0 aliphatic carbocycles. The van der Waals surface area contributed by atoms with E-state index in [1.165, 1.54) is 148 Å². The molecule has 0 amide bonds. The summed E-state index contributed by atoms with van der Waals surface area (Å²) in [5, 5.41) is 10.6. The average molecular weight is 1300 g/mol. The predicted molar refractivity (Wildman–Crippen MR) is 354 cm³/mol. The van der Waals surface area contributed by atoms with Crippen molar-refractivity contribution in [1.29, 1.82) is 0 Å². The number of esters is 4. The topological polar surface area (TPSA) is 237 Å². The van der Waals surface area contributed by atoms with E-state index in [2.05, 4.69) is 48.5 Å². The Bertz CT molecular complexity index is 1740. The second-order valence-electron chi connectivity index (χ2n) is 25.9. The van der Waals surface area contributed by atoms with E-state index in [4.69, 9.17) is 37.0 Å². The van der Waals surface area contributed by atoms with Crippen LogP contribution in [0, 0.1) is 17.8 Å². The van der Waals surface area contributed by atoms with Crippen LogP contribution in [0.4, 0.5) is 0 Å². The first-order valence-corrected chi connectivity index (χ1v) is 38.9. The van der Waals surface area contributed by atoms with Gasteiger partial charge >= 0.3 is 39.5 Å². The van der Waals surface area contributed by atoms with Gasteiger partial charge < -0.3 is 33.8 Å². The Kier molecular flexibility index (Phi) is 58.7. The molecule has 0 bridgehead atoms. The standard InChI is InChI=1S/C69H134O17P2/c1-8-11-12-33-43-50-66(71)79-56-64(85-69(74)53-46-39-32-26-25-29-36-42-49-62(7)10-3)58-83-87(75,76)81-54-63(70)55-82-88(77,78)84-59-65(57-80-67(72)51-44-37-30-23-20-19-22-28-35-41-48-61(6)9-2)86-68(73)52-45-38-31-24-18-16-14-13-15-17-21-27-34-40-47-60(4)5/h60-65,70H,8-59H2,1-7H3,(H,75,76)(H,77,78)/t61?,62?,63-,64+,65+/m0/s1. The van der Waals surface area contributed by atoms with Crippen LogP contribution in [0.5, 0.6) is 0 Å². The average Bonchev–Trinajstić information content (AvgIpc) is 3.61. The first-order chi connectivity index (χ1) is 42.3. The first kappa shape index (κ1) is 86.1. The van der Waals surface area contributed by atoms with Crippen LogP contribution < -0.4 is 0 Å². The van der Waals surface area contributed by atoms with Crippen LogP contribution in [-0.4, -0.2) is 96.7 Å². The maximum absolute atomic E-state index is 13.0. The number of ether oxygens (including phenoxy) is 4. The quantitative estimate of drug-likeness (QED) is 0.0222. The van der Waals surface area contributed by atoms with Crippen LogP contribution in [0.3, 0.4) is 0 Å². The Morgan fingerprint density at radius 1 is 0.330 bits per heavy atom. The van der Waals surface area contributed by atoms with E-state index >= 15 is 0 Å². The molecule has 0 spiro atoms. The number of carbonyl (C=O) groups excluding carboxylic acids is 4. The van der Waals surface area contributed by atoms with Gasteiger partial charge in [0.1, 0.15) is 19.3 Å². The lowest BCUT2D eigenvalue weighted by atomic mass is 9.99. The minimum absolute atomic E-state index is 0.104. The molecule has 7 atom stereocenters. The Balaban J connectivity index is 5.18. The zero-order valence-electron chi connectivity index (χ0n) is 57.2. The fourth-order valence-electron chi connectivity index (χ4n) is 10.3. The number of carbonyl (C=O) groups is 4. The summed E-state index contributed by atoms with van der Waals surface area (Å²) in [5.74, 6) is 0.235. The molecule has 0 radical (unpaired) electrons. The van der Waals surface area contributed by atoms with E-state index in [0.29, 0.717) is 25.7 Å². The Morgan fingerprint density at radius 2 is 0.580 bits per heavy atom. The highest BCUT2D eigenvalue weighted by Gasteiger charge is 2.30. The van der Waals surface area contributed by atoms with Gasteiger partial charge in [0.15, 0.2) is 12.2 Å². The minimum Gasteiger partial charge on any atom is -0.462 e. The molecule has 3 N–H and O–H groups in total. The number of phosphoric acid groups is 2. The number of hydrogen-bond donors (Lipinski definition) is 3. The summed E-state index contributed by atoms with van der Waals surface area (Å²) in [6.07, 6.45) is 43.3. The smallest absolute Gasteiger partial charge is 0.462 e. The normalized spacial score (nSPS) is 14.9. The van der Waals surface area contributed by atoms with Crippen LogP contribution in [-0.2, 0) is 65.4 Å². The number of unbranched alkanes of at least 4 members (excludes halogenated alkanes) is 33. The summed E-state index contributed by atoms with van der Waals surface area (Å²) >= 11 is 0. The number of rotatable bonds is 67. The van der Waals surface area contributed by atoms with Crippen molar-refractivity contribution in [3.63, 3.8) is 0 Å². The zero-order valence-corrected chi connectivity index (χ0v) is 59.0. The van der Waals surface area contributed by atoms with Crippen molar-refractivity contribution >= 4 is 39.5 Å². The van der Waals surface area contributed by atoms with Gasteiger partial charge in [-0.3, -0.25) is 37.3 Å². The molecular formula is C69H134O17P2. The maximum atomic E-state index is 13.0. The molecule has 0 aliphatic heterocycles. The molecule has 522 valence electrons. The largest absolute Gasteiger partial charge is 0.472 e. The molecule has 0 aromatic rings. The van der Waals surface area contributed by atoms with E-state index < -0.39 is 97.5 Å². The molecule has 4 unspecified atom stereocenters. The minimum atomic E-state index is -4.95. The van der Waals surface area contributed by atoms with Gasteiger partial charge in [-0.2, -0.15) is 0 Å². The van der Waals surface area contributed by atoms with Gasteiger partial charge in [0.25, 0.3) is 0 Å². The Labute approximate surface area is 537 Å². The van der Waals surface area contributed by atoms with E-state index in [1.54, 1.807) is 0 Å². The fraction of sp³-hybridized carbons (Fsp3) is 0.942. The molecule has 0 saturated carbocycles. The molecule has 17 nitrogen and oxygen atoms in total. The summed E-state index contributed by atoms with van der Waals surface area (Å²) in [6.45, 7) is 11.8. The molecule has 0 aliphatic rings. The van der Waals surface area contributed by atoms with Crippen LogP contribution in [0.2, 0.25) is 0 Å². The van der Waals surface area contributed by atoms with E-state index in [1.807, 2.05) is 0 Å². The Morgan fingerprint density at radius 3 is 0.864 bits per heavy atom. The summed E-state index contributed by atoms with van der Waals surface area (Å²) in [6, 6.07) is 0. The second kappa shape index (κ2) is 60.0. The summed E-state index contributed by atoms with van der Waals surface area (Å²) in [4.78, 5) is 72.2. The lowest BCUT2D eigenvalue weighted by Crippen LogP contribution is -2.30. The van der Waals surface area contributed by atoms with Crippen LogP contribution >= 0.6 is 15.6 Å². The molecule has 19 heteroatoms. The van der Waals surface area contributed by atoms with Crippen LogP contribution in [0.25, 0.3) is 0 Å². The lowest BCUT2D eigenvalue weighted by Gasteiger charge is -2.21. The molecule has 0 fully saturated rings. The van der Waals surface area contributed by atoms with E-state index in [9.17, 15) is 43.2 Å². The lowest BCUT2D eigenvalue weighted by molar-refractivity contribution is -0.161. The number of aliphatic hydroxyl groups is 1. The highest BCUT2D eigenvalue weighted by Crippen LogP contribution is 2.45. The third kappa shape index (κ3) is 60.3.